The fraction of sp³-hybridized carbons (Fsp3) is 0.355. The van der Waals surface area contributed by atoms with Gasteiger partial charge in [0.2, 0.25) is 5.95 Å². The van der Waals surface area contributed by atoms with Crippen molar-refractivity contribution in [3.8, 4) is 22.8 Å². The Bertz CT molecular complexity index is 1500. The minimum Gasteiger partial charge on any atom is -0.490 e. The first-order valence-corrected chi connectivity index (χ1v) is 13.7. The van der Waals surface area contributed by atoms with Crippen LogP contribution >= 0.6 is 0 Å². The van der Waals surface area contributed by atoms with Crippen LogP contribution in [0.2, 0.25) is 0 Å². The predicted octanol–water partition coefficient (Wildman–Crippen LogP) is 3.34. The van der Waals surface area contributed by atoms with Gasteiger partial charge in [-0.3, -0.25) is 14.6 Å². The van der Waals surface area contributed by atoms with E-state index in [2.05, 4.69) is 15.3 Å². The Labute approximate surface area is 242 Å². The first-order valence-electron chi connectivity index (χ1n) is 13.7. The zero-order chi connectivity index (χ0) is 30.1. The van der Waals surface area contributed by atoms with Gasteiger partial charge in [0.05, 0.1) is 40.4 Å². The second kappa shape index (κ2) is 11.4. The number of hydrogen-bond acceptors (Lipinski definition) is 8. The number of halogens is 1. The van der Waals surface area contributed by atoms with E-state index in [4.69, 9.17) is 20.9 Å². The molecule has 2 aliphatic rings. The number of rotatable bonds is 10. The molecule has 2 saturated carbocycles. The number of amides is 2. The number of aliphatic hydroxyl groups is 1. The Morgan fingerprint density at radius 2 is 1.93 bits per heavy atom. The summed E-state index contributed by atoms with van der Waals surface area (Å²) >= 11 is 0. The van der Waals surface area contributed by atoms with Gasteiger partial charge in [-0.25, -0.2) is 4.98 Å². The molecule has 1 spiro atoms. The number of pyridine rings is 2. The third-order valence-corrected chi connectivity index (χ3v) is 7.58. The second-order valence-electron chi connectivity index (χ2n) is 11.7. The number of hydrogen-bond donors (Lipinski definition) is 4. The van der Waals surface area contributed by atoms with Gasteiger partial charge in [-0.15, -0.1) is 0 Å². The third kappa shape index (κ3) is 6.52. The standard InChI is InChI=1S/C31H34FN5O5/c1-30(2,40)17-41-20-7-9-25(35-16-20)23(15-33)29(39)36-19-11-31(12-19)13-21(14-31)42-26-10-18(6-8-22(26)28(34)38)24-4-3-5-27(32)37-24/h3-10,15-16,19,21,40H,11-14,17,33H2,1-2H3,(H2,34,38)(H,36,39). The summed E-state index contributed by atoms with van der Waals surface area (Å²) in [6, 6.07) is 12.7. The molecule has 2 amide bonds. The SMILES string of the molecule is CC(C)(O)COc1ccc(C(=CN)C(=O)NC2CC3(C2)CC(Oc2cc(-c4cccc(F)n4)ccc2C(N)=O)C3)nc1. The largest absolute Gasteiger partial charge is 0.490 e. The molecule has 6 N–H and O–H groups in total. The van der Waals surface area contributed by atoms with E-state index in [0.29, 0.717) is 28.5 Å². The van der Waals surface area contributed by atoms with Crippen LogP contribution in [0.1, 0.15) is 55.6 Å². The summed E-state index contributed by atoms with van der Waals surface area (Å²) < 4.78 is 25.3. The minimum absolute atomic E-state index is 0.00801. The minimum atomic E-state index is -0.979. The molecule has 220 valence electrons. The van der Waals surface area contributed by atoms with Gasteiger partial charge in [0, 0.05) is 17.8 Å². The van der Waals surface area contributed by atoms with Crippen molar-refractivity contribution in [1.29, 1.82) is 0 Å². The van der Waals surface area contributed by atoms with Crippen molar-refractivity contribution in [3.63, 3.8) is 0 Å². The number of carbonyl (C=O) groups excluding carboxylic acids is 2. The van der Waals surface area contributed by atoms with E-state index < -0.39 is 17.5 Å². The van der Waals surface area contributed by atoms with Gasteiger partial charge in [-0.1, -0.05) is 12.1 Å². The fourth-order valence-electron chi connectivity index (χ4n) is 5.57. The number of primary amides is 1. The van der Waals surface area contributed by atoms with Crippen molar-refractivity contribution in [2.45, 2.75) is 57.3 Å². The van der Waals surface area contributed by atoms with Crippen LogP contribution in [0.15, 0.2) is 60.9 Å². The van der Waals surface area contributed by atoms with Gasteiger partial charge in [-0.2, -0.15) is 4.39 Å². The number of benzene rings is 1. The molecule has 2 aliphatic carbocycles. The van der Waals surface area contributed by atoms with Gasteiger partial charge >= 0.3 is 0 Å². The molecule has 0 radical (unpaired) electrons. The van der Waals surface area contributed by atoms with Crippen LogP contribution < -0.4 is 26.3 Å². The van der Waals surface area contributed by atoms with Crippen LogP contribution in [0, 0.1) is 11.4 Å². The Morgan fingerprint density at radius 3 is 2.55 bits per heavy atom. The molecule has 0 bridgehead atoms. The maximum atomic E-state index is 13.6. The molecule has 1 aromatic carbocycles. The molecule has 11 heteroatoms. The van der Waals surface area contributed by atoms with E-state index in [1.165, 1.54) is 18.5 Å². The lowest BCUT2D eigenvalue weighted by Crippen LogP contribution is -2.58. The average molecular weight is 576 g/mol. The van der Waals surface area contributed by atoms with Gasteiger partial charge in [0.25, 0.3) is 11.8 Å². The summed E-state index contributed by atoms with van der Waals surface area (Å²) in [6.07, 6.45) is 5.74. The summed E-state index contributed by atoms with van der Waals surface area (Å²) in [6.45, 7) is 3.39. The third-order valence-electron chi connectivity index (χ3n) is 7.58. The monoisotopic (exact) mass is 575 g/mol. The van der Waals surface area contributed by atoms with Crippen molar-refractivity contribution >= 4 is 17.4 Å². The quantitative estimate of drug-likeness (QED) is 0.211. The van der Waals surface area contributed by atoms with Crippen LogP contribution in [0.3, 0.4) is 0 Å². The second-order valence-corrected chi connectivity index (χ2v) is 11.7. The van der Waals surface area contributed by atoms with E-state index in [1.54, 1.807) is 56.3 Å². The van der Waals surface area contributed by atoms with Crippen LogP contribution in [0.4, 0.5) is 4.39 Å². The molecular weight excluding hydrogens is 541 g/mol. The first-order chi connectivity index (χ1) is 19.9. The lowest BCUT2D eigenvalue weighted by Gasteiger charge is -2.57. The Kier molecular flexibility index (Phi) is 7.87. The summed E-state index contributed by atoms with van der Waals surface area (Å²) in [7, 11) is 0. The number of nitrogens with two attached hydrogens (primary N) is 2. The van der Waals surface area contributed by atoms with Crippen LogP contribution in [0.25, 0.3) is 16.8 Å². The Morgan fingerprint density at radius 1 is 1.17 bits per heavy atom. The van der Waals surface area contributed by atoms with E-state index in [9.17, 15) is 19.1 Å². The molecule has 10 nitrogen and oxygen atoms in total. The highest BCUT2D eigenvalue weighted by Gasteiger charge is 2.54. The zero-order valence-electron chi connectivity index (χ0n) is 23.5. The summed E-state index contributed by atoms with van der Waals surface area (Å²) in [5, 5.41) is 12.8. The molecule has 2 fully saturated rings. The summed E-state index contributed by atoms with van der Waals surface area (Å²) in [5.74, 6) is -0.704. The van der Waals surface area contributed by atoms with E-state index in [0.717, 1.165) is 25.7 Å². The highest BCUT2D eigenvalue weighted by atomic mass is 19.1. The molecule has 0 unspecified atom stereocenters. The van der Waals surface area contributed by atoms with Gasteiger partial charge in [-0.05, 0) is 81.3 Å². The molecule has 2 heterocycles. The van der Waals surface area contributed by atoms with Crippen LogP contribution in [-0.2, 0) is 4.79 Å². The smallest absolute Gasteiger partial charge is 0.255 e. The molecule has 2 aromatic heterocycles. The van der Waals surface area contributed by atoms with Crippen molar-refractivity contribution in [3.05, 3.63) is 78.1 Å². The summed E-state index contributed by atoms with van der Waals surface area (Å²) in [4.78, 5) is 33.2. The van der Waals surface area contributed by atoms with E-state index >= 15 is 0 Å². The molecular formula is C31H34FN5O5. The van der Waals surface area contributed by atoms with E-state index in [1.807, 2.05) is 0 Å². The average Bonchev–Trinajstić information content (AvgIpc) is 2.90. The molecule has 0 saturated heterocycles. The molecule has 0 aliphatic heterocycles. The van der Waals surface area contributed by atoms with Crippen molar-refractivity contribution in [2.75, 3.05) is 6.61 Å². The van der Waals surface area contributed by atoms with Crippen molar-refractivity contribution in [1.82, 2.24) is 15.3 Å². The Hall–Kier alpha value is -4.51. The lowest BCUT2D eigenvalue weighted by atomic mass is 9.53. The lowest BCUT2D eigenvalue weighted by molar-refractivity contribution is -0.122. The van der Waals surface area contributed by atoms with Gasteiger partial charge in [0.1, 0.15) is 18.1 Å². The number of nitrogens with one attached hydrogen (secondary N) is 1. The summed E-state index contributed by atoms with van der Waals surface area (Å²) in [5.41, 5.74) is 12.4. The highest BCUT2D eigenvalue weighted by Crippen LogP contribution is 2.57. The number of nitrogens with zero attached hydrogens (tertiary/aromatic N) is 2. The normalized spacial score (nSPS) is 21.7. The Balaban J connectivity index is 1.14. The highest BCUT2D eigenvalue weighted by molar-refractivity contribution is 6.18. The topological polar surface area (TPSA) is 163 Å². The molecule has 3 aromatic rings. The maximum absolute atomic E-state index is 13.6. The molecule has 0 atom stereocenters. The van der Waals surface area contributed by atoms with Gasteiger partial charge in [0.15, 0.2) is 0 Å². The first kappa shape index (κ1) is 29.0. The number of ether oxygens (including phenoxy) is 2. The van der Waals surface area contributed by atoms with Crippen LogP contribution in [0.5, 0.6) is 11.5 Å². The fourth-order valence-corrected chi connectivity index (χ4v) is 5.57. The number of aromatic nitrogens is 2. The maximum Gasteiger partial charge on any atom is 0.255 e. The van der Waals surface area contributed by atoms with E-state index in [-0.39, 0.29) is 41.2 Å². The zero-order valence-corrected chi connectivity index (χ0v) is 23.5. The van der Waals surface area contributed by atoms with Crippen molar-refractivity contribution in [2.24, 2.45) is 16.9 Å². The van der Waals surface area contributed by atoms with Crippen molar-refractivity contribution < 1.29 is 28.6 Å². The van der Waals surface area contributed by atoms with Gasteiger partial charge < -0.3 is 31.4 Å². The molecule has 5 rings (SSSR count). The molecule has 42 heavy (non-hydrogen) atoms. The van der Waals surface area contributed by atoms with Crippen LogP contribution in [-0.4, -0.2) is 51.2 Å². The predicted molar refractivity (Wildman–Crippen MR) is 154 cm³/mol. The number of carbonyl (C=O) groups is 2.